The van der Waals surface area contributed by atoms with Crippen LogP contribution in [-0.2, 0) is 11.2 Å². The zero-order valence-corrected chi connectivity index (χ0v) is 19.9. The van der Waals surface area contributed by atoms with Crippen LogP contribution >= 0.6 is 12.4 Å². The van der Waals surface area contributed by atoms with Crippen molar-refractivity contribution in [1.82, 2.24) is 10.2 Å². The number of nitrogens with zero attached hydrogens (tertiary/aromatic N) is 1. The number of piperidine rings is 1. The molecule has 1 heterocycles. The molecule has 1 aliphatic rings. The Bertz CT molecular complexity index is 942. The van der Waals surface area contributed by atoms with E-state index < -0.39 is 0 Å². The molecule has 1 aliphatic heterocycles. The highest BCUT2D eigenvalue weighted by Crippen LogP contribution is 2.28. The molecule has 180 valence electrons. The Balaban J connectivity index is 0.00000385. The molecule has 0 aliphatic carbocycles. The van der Waals surface area contributed by atoms with Crippen LogP contribution in [-0.4, -0.2) is 60.9 Å². The van der Waals surface area contributed by atoms with E-state index in [4.69, 9.17) is 9.47 Å². The lowest BCUT2D eigenvalue weighted by Gasteiger charge is -2.32. The number of likely N-dealkylation sites (tertiary alicyclic amines) is 1. The maximum atomic E-state index is 12.2. The lowest BCUT2D eigenvalue weighted by atomic mass is 10.0. The average Bonchev–Trinajstić information content (AvgIpc) is 2.81. The minimum atomic E-state index is -0.203. The minimum Gasteiger partial charge on any atom is -0.504 e. The predicted molar refractivity (Wildman–Crippen MR) is 132 cm³/mol. The van der Waals surface area contributed by atoms with Gasteiger partial charge in [0.15, 0.2) is 23.0 Å². The minimum absolute atomic E-state index is 0. The summed E-state index contributed by atoms with van der Waals surface area (Å²) in [5.41, 5.74) is 1.89. The zero-order valence-electron chi connectivity index (χ0n) is 19.1. The van der Waals surface area contributed by atoms with Crippen LogP contribution in [0.3, 0.4) is 0 Å². The Morgan fingerprint density at radius 3 is 2.45 bits per heavy atom. The molecule has 1 fully saturated rings. The van der Waals surface area contributed by atoms with Crippen LogP contribution in [0.1, 0.15) is 30.4 Å². The molecule has 0 aromatic heterocycles. The van der Waals surface area contributed by atoms with Crippen LogP contribution in [0.2, 0.25) is 0 Å². The lowest BCUT2D eigenvalue weighted by molar-refractivity contribution is -0.117. The van der Waals surface area contributed by atoms with Gasteiger partial charge in [-0.05, 0) is 73.7 Å². The Labute approximate surface area is 201 Å². The van der Waals surface area contributed by atoms with Gasteiger partial charge in [-0.3, -0.25) is 4.79 Å². The quantitative estimate of drug-likeness (QED) is 0.377. The fourth-order valence-electron chi connectivity index (χ4n) is 3.91. The molecule has 0 unspecified atom stereocenters. The maximum absolute atomic E-state index is 12.2. The van der Waals surface area contributed by atoms with Crippen molar-refractivity contribution in [3.8, 4) is 23.0 Å². The average molecular weight is 477 g/mol. The van der Waals surface area contributed by atoms with E-state index in [1.807, 2.05) is 12.1 Å². The number of halogens is 1. The standard InChI is InChI=1S/C25H32N2O5.ClH/c1-31-23-9-6-18(17-24(23)32-2)4-3-13-27-14-11-20(12-15-27)26-25(30)10-7-19-5-8-21(28)22(29)16-19;/h5-10,16-17,20,28-29H,3-4,11-15H2,1-2H3,(H,26,30);1H. The lowest BCUT2D eigenvalue weighted by Crippen LogP contribution is -2.44. The highest BCUT2D eigenvalue weighted by atomic mass is 35.5. The highest BCUT2D eigenvalue weighted by molar-refractivity contribution is 5.92. The van der Waals surface area contributed by atoms with Gasteiger partial charge in [0.25, 0.3) is 0 Å². The first-order valence-corrected chi connectivity index (χ1v) is 10.9. The van der Waals surface area contributed by atoms with Gasteiger partial charge in [-0.25, -0.2) is 0 Å². The molecule has 0 atom stereocenters. The first kappa shape index (κ1) is 26.4. The normalized spacial score (nSPS) is 14.6. The fraction of sp³-hybridized carbons (Fsp3) is 0.400. The molecular weight excluding hydrogens is 444 g/mol. The molecular formula is C25H33ClN2O5. The SMILES string of the molecule is COc1ccc(CCCN2CCC(NC(=O)C=Cc3ccc(O)c(O)c3)CC2)cc1OC.Cl. The summed E-state index contributed by atoms with van der Waals surface area (Å²) < 4.78 is 10.7. The number of carbonyl (C=O) groups excluding carboxylic acids is 1. The number of phenols is 2. The molecule has 2 aromatic rings. The number of aryl methyl sites for hydroxylation is 1. The highest BCUT2D eigenvalue weighted by Gasteiger charge is 2.19. The van der Waals surface area contributed by atoms with E-state index in [1.165, 1.54) is 23.8 Å². The molecule has 3 N–H and O–H groups in total. The molecule has 1 saturated heterocycles. The Morgan fingerprint density at radius 1 is 1.06 bits per heavy atom. The van der Waals surface area contributed by atoms with Gasteiger partial charge in [-0.1, -0.05) is 12.1 Å². The molecule has 1 amide bonds. The van der Waals surface area contributed by atoms with Gasteiger partial charge in [0.05, 0.1) is 14.2 Å². The van der Waals surface area contributed by atoms with Crippen molar-refractivity contribution < 1.29 is 24.5 Å². The Morgan fingerprint density at radius 2 is 1.79 bits per heavy atom. The number of phenolic OH excluding ortho intramolecular Hbond substituents is 2. The van der Waals surface area contributed by atoms with E-state index in [9.17, 15) is 15.0 Å². The van der Waals surface area contributed by atoms with Gasteiger partial charge in [-0.15, -0.1) is 12.4 Å². The summed E-state index contributed by atoms with van der Waals surface area (Å²) in [6.07, 6.45) is 6.98. The van der Waals surface area contributed by atoms with Crippen LogP contribution in [0.4, 0.5) is 0 Å². The summed E-state index contributed by atoms with van der Waals surface area (Å²) >= 11 is 0. The number of nitrogens with one attached hydrogen (secondary N) is 1. The smallest absolute Gasteiger partial charge is 0.244 e. The third-order valence-corrected chi connectivity index (χ3v) is 5.75. The van der Waals surface area contributed by atoms with Gasteiger partial charge in [0, 0.05) is 25.2 Å². The predicted octanol–water partition coefficient (Wildman–Crippen LogP) is 3.76. The van der Waals surface area contributed by atoms with E-state index in [0.29, 0.717) is 5.56 Å². The Kier molecular flexibility index (Phi) is 10.4. The number of ether oxygens (including phenoxy) is 2. The van der Waals surface area contributed by atoms with E-state index in [0.717, 1.165) is 56.8 Å². The summed E-state index contributed by atoms with van der Waals surface area (Å²) in [4.78, 5) is 14.6. The molecule has 0 bridgehead atoms. The van der Waals surface area contributed by atoms with Crippen LogP contribution in [0, 0.1) is 0 Å². The topological polar surface area (TPSA) is 91.3 Å². The van der Waals surface area contributed by atoms with Gasteiger partial charge in [-0.2, -0.15) is 0 Å². The van der Waals surface area contributed by atoms with Crippen molar-refractivity contribution in [2.24, 2.45) is 0 Å². The van der Waals surface area contributed by atoms with E-state index in [2.05, 4.69) is 16.3 Å². The van der Waals surface area contributed by atoms with Gasteiger partial charge < -0.3 is 29.9 Å². The molecule has 7 nitrogen and oxygen atoms in total. The van der Waals surface area contributed by atoms with Crippen LogP contribution in [0.25, 0.3) is 6.08 Å². The second-order valence-corrected chi connectivity index (χ2v) is 8.00. The van der Waals surface area contributed by atoms with Gasteiger partial charge >= 0.3 is 0 Å². The second kappa shape index (κ2) is 13.0. The number of amides is 1. The summed E-state index contributed by atoms with van der Waals surface area (Å²) in [6.45, 7) is 2.96. The number of methoxy groups -OCH3 is 2. The third kappa shape index (κ3) is 7.87. The number of hydrogen-bond donors (Lipinski definition) is 3. The number of carbonyl (C=O) groups is 1. The van der Waals surface area contributed by atoms with Crippen LogP contribution < -0.4 is 14.8 Å². The van der Waals surface area contributed by atoms with E-state index in [1.54, 1.807) is 26.4 Å². The second-order valence-electron chi connectivity index (χ2n) is 8.00. The first-order valence-electron chi connectivity index (χ1n) is 10.9. The third-order valence-electron chi connectivity index (χ3n) is 5.75. The summed E-state index contributed by atoms with van der Waals surface area (Å²) in [6, 6.07) is 10.7. The van der Waals surface area contributed by atoms with Crippen molar-refractivity contribution >= 4 is 24.4 Å². The van der Waals surface area contributed by atoms with Crippen LogP contribution in [0.15, 0.2) is 42.5 Å². The number of hydrogen-bond acceptors (Lipinski definition) is 6. The Hall–Kier alpha value is -2.90. The largest absolute Gasteiger partial charge is 0.504 e. The molecule has 33 heavy (non-hydrogen) atoms. The summed E-state index contributed by atoms with van der Waals surface area (Å²) in [5, 5.41) is 21.9. The zero-order chi connectivity index (χ0) is 22.9. The van der Waals surface area contributed by atoms with Crippen molar-refractivity contribution in [1.29, 1.82) is 0 Å². The summed E-state index contributed by atoms with van der Waals surface area (Å²) in [7, 11) is 3.29. The monoisotopic (exact) mass is 476 g/mol. The number of benzene rings is 2. The van der Waals surface area contributed by atoms with Gasteiger partial charge in [0.2, 0.25) is 5.91 Å². The molecule has 2 aromatic carbocycles. The summed E-state index contributed by atoms with van der Waals surface area (Å²) in [5.74, 6) is 0.979. The van der Waals surface area contributed by atoms with Crippen molar-refractivity contribution in [3.05, 3.63) is 53.6 Å². The van der Waals surface area contributed by atoms with Gasteiger partial charge in [0.1, 0.15) is 0 Å². The van der Waals surface area contributed by atoms with Crippen molar-refractivity contribution in [3.63, 3.8) is 0 Å². The van der Waals surface area contributed by atoms with Crippen LogP contribution in [0.5, 0.6) is 23.0 Å². The maximum Gasteiger partial charge on any atom is 0.244 e. The molecule has 0 radical (unpaired) electrons. The number of aromatic hydroxyl groups is 2. The van der Waals surface area contributed by atoms with E-state index >= 15 is 0 Å². The molecule has 0 spiro atoms. The fourth-order valence-corrected chi connectivity index (χ4v) is 3.91. The van der Waals surface area contributed by atoms with Crippen molar-refractivity contribution in [2.45, 2.75) is 31.7 Å². The number of rotatable bonds is 9. The van der Waals surface area contributed by atoms with E-state index in [-0.39, 0.29) is 35.9 Å². The molecule has 0 saturated carbocycles. The first-order chi connectivity index (χ1) is 15.5. The molecule has 8 heteroatoms. The molecule has 3 rings (SSSR count). The van der Waals surface area contributed by atoms with Crippen molar-refractivity contribution in [2.75, 3.05) is 33.9 Å².